The van der Waals surface area contributed by atoms with Crippen molar-refractivity contribution in [1.82, 2.24) is 10.3 Å². The molecule has 2 aromatic rings. The number of benzene rings is 1. The second-order valence-corrected chi connectivity index (χ2v) is 4.98. The van der Waals surface area contributed by atoms with Crippen molar-refractivity contribution in [3.05, 3.63) is 34.8 Å². The summed E-state index contributed by atoms with van der Waals surface area (Å²) < 4.78 is 5.15. The molecular formula is C13H16N2OS. The van der Waals surface area contributed by atoms with Gasteiger partial charge in [0.2, 0.25) is 0 Å². The summed E-state index contributed by atoms with van der Waals surface area (Å²) in [5.41, 5.74) is 2.27. The van der Waals surface area contributed by atoms with E-state index in [9.17, 15) is 0 Å². The first kappa shape index (κ1) is 12.1. The van der Waals surface area contributed by atoms with Gasteiger partial charge in [-0.1, -0.05) is 0 Å². The monoisotopic (exact) mass is 248 g/mol. The van der Waals surface area contributed by atoms with E-state index in [1.165, 1.54) is 4.88 Å². The summed E-state index contributed by atoms with van der Waals surface area (Å²) in [6.07, 6.45) is 0. The number of ether oxygens (including phenoxy) is 1. The molecule has 0 radical (unpaired) electrons. The molecule has 3 nitrogen and oxygen atoms in total. The Labute approximate surface area is 105 Å². The maximum atomic E-state index is 5.15. The number of aromatic nitrogens is 1. The smallest absolute Gasteiger partial charge is 0.123 e. The molecular weight excluding hydrogens is 232 g/mol. The second kappa shape index (κ2) is 5.29. The van der Waals surface area contributed by atoms with Crippen molar-refractivity contribution >= 4 is 11.3 Å². The molecule has 0 atom stereocenters. The van der Waals surface area contributed by atoms with Crippen LogP contribution in [-0.2, 0) is 6.54 Å². The number of hydrogen-bond acceptors (Lipinski definition) is 4. The van der Waals surface area contributed by atoms with Crippen LogP contribution in [0.25, 0.3) is 10.6 Å². The van der Waals surface area contributed by atoms with E-state index in [4.69, 9.17) is 4.74 Å². The van der Waals surface area contributed by atoms with Gasteiger partial charge in [-0.3, -0.25) is 0 Å². The molecule has 90 valence electrons. The van der Waals surface area contributed by atoms with Crippen LogP contribution in [0.5, 0.6) is 5.75 Å². The zero-order valence-corrected chi connectivity index (χ0v) is 11.1. The maximum Gasteiger partial charge on any atom is 0.123 e. The second-order valence-electron chi connectivity index (χ2n) is 3.78. The topological polar surface area (TPSA) is 34.2 Å². The molecule has 2 rings (SSSR count). The van der Waals surface area contributed by atoms with Gasteiger partial charge in [-0.25, -0.2) is 4.98 Å². The van der Waals surface area contributed by atoms with Crippen molar-refractivity contribution in [3.63, 3.8) is 0 Å². The molecule has 0 spiro atoms. The predicted octanol–water partition coefficient (Wildman–Crippen LogP) is 2.85. The lowest BCUT2D eigenvalue weighted by atomic mass is 10.2. The molecule has 0 aliphatic rings. The third-order valence-corrected chi connectivity index (χ3v) is 3.64. The van der Waals surface area contributed by atoms with E-state index < -0.39 is 0 Å². The van der Waals surface area contributed by atoms with E-state index >= 15 is 0 Å². The van der Waals surface area contributed by atoms with Gasteiger partial charge in [-0.15, -0.1) is 11.3 Å². The Balaban J connectivity index is 2.29. The van der Waals surface area contributed by atoms with Gasteiger partial charge in [-0.2, -0.15) is 0 Å². The molecule has 1 aromatic heterocycles. The number of hydrogen-bond donors (Lipinski definition) is 1. The van der Waals surface area contributed by atoms with E-state index in [0.717, 1.165) is 28.6 Å². The average Bonchev–Trinajstić information content (AvgIpc) is 2.72. The number of thiazole rings is 1. The molecule has 17 heavy (non-hydrogen) atoms. The summed E-state index contributed by atoms with van der Waals surface area (Å²) in [6.45, 7) is 2.93. The normalized spacial score (nSPS) is 10.5. The van der Waals surface area contributed by atoms with Crippen molar-refractivity contribution in [2.75, 3.05) is 14.2 Å². The largest absolute Gasteiger partial charge is 0.497 e. The molecule has 0 aliphatic heterocycles. The molecule has 1 aromatic carbocycles. The minimum absolute atomic E-state index is 0.818. The van der Waals surface area contributed by atoms with Crippen LogP contribution in [0.15, 0.2) is 24.3 Å². The third-order valence-electron chi connectivity index (χ3n) is 2.57. The number of nitrogens with one attached hydrogen (secondary N) is 1. The highest BCUT2D eigenvalue weighted by Crippen LogP contribution is 2.28. The number of methoxy groups -OCH3 is 1. The quantitative estimate of drug-likeness (QED) is 0.903. The summed E-state index contributed by atoms with van der Waals surface area (Å²) in [7, 11) is 3.61. The van der Waals surface area contributed by atoms with E-state index in [0.29, 0.717) is 0 Å². The predicted molar refractivity (Wildman–Crippen MR) is 71.6 cm³/mol. The van der Waals surface area contributed by atoms with Crippen molar-refractivity contribution < 1.29 is 4.74 Å². The molecule has 1 N–H and O–H groups in total. The highest BCUT2D eigenvalue weighted by atomic mass is 32.1. The maximum absolute atomic E-state index is 5.15. The molecule has 0 aliphatic carbocycles. The Morgan fingerprint density at radius 2 is 2.00 bits per heavy atom. The summed E-state index contributed by atoms with van der Waals surface area (Å²) >= 11 is 1.73. The summed E-state index contributed by atoms with van der Waals surface area (Å²) in [5.74, 6) is 0.873. The first-order valence-corrected chi connectivity index (χ1v) is 6.31. The van der Waals surface area contributed by atoms with Gasteiger partial charge in [0, 0.05) is 17.0 Å². The minimum Gasteiger partial charge on any atom is -0.497 e. The Morgan fingerprint density at radius 3 is 2.59 bits per heavy atom. The van der Waals surface area contributed by atoms with E-state index in [1.807, 2.05) is 31.3 Å². The van der Waals surface area contributed by atoms with Crippen molar-refractivity contribution in [1.29, 1.82) is 0 Å². The molecule has 0 saturated carbocycles. The lowest BCUT2D eigenvalue weighted by Gasteiger charge is -2.00. The van der Waals surface area contributed by atoms with Crippen molar-refractivity contribution in [2.45, 2.75) is 13.5 Å². The summed E-state index contributed by atoms with van der Waals surface area (Å²) in [6, 6.07) is 8.01. The van der Waals surface area contributed by atoms with Gasteiger partial charge in [0.25, 0.3) is 0 Å². The molecule has 0 fully saturated rings. The number of nitrogens with zero attached hydrogens (tertiary/aromatic N) is 1. The molecule has 0 saturated heterocycles. The van der Waals surface area contributed by atoms with Crippen LogP contribution in [0.4, 0.5) is 0 Å². The number of aryl methyl sites for hydroxylation is 1. The first-order valence-electron chi connectivity index (χ1n) is 5.50. The Bertz CT molecular complexity index is 491. The fourth-order valence-corrected chi connectivity index (χ4v) is 2.55. The SMILES string of the molecule is CNCc1nc(-c2ccc(OC)cc2)sc1C. The Hall–Kier alpha value is -1.39. The lowest BCUT2D eigenvalue weighted by Crippen LogP contribution is -2.06. The highest BCUT2D eigenvalue weighted by Gasteiger charge is 2.08. The van der Waals surface area contributed by atoms with Crippen molar-refractivity contribution in [2.24, 2.45) is 0 Å². The van der Waals surface area contributed by atoms with Crippen LogP contribution in [-0.4, -0.2) is 19.1 Å². The summed E-state index contributed by atoms with van der Waals surface area (Å²) in [4.78, 5) is 5.91. The Morgan fingerprint density at radius 1 is 1.29 bits per heavy atom. The van der Waals surface area contributed by atoms with Crippen LogP contribution in [0, 0.1) is 6.92 Å². The first-order chi connectivity index (χ1) is 8.24. The van der Waals surface area contributed by atoms with Crippen LogP contribution < -0.4 is 10.1 Å². The zero-order valence-electron chi connectivity index (χ0n) is 10.3. The molecule has 0 unspecified atom stereocenters. The van der Waals surface area contributed by atoms with Gasteiger partial charge in [0.15, 0.2) is 0 Å². The average molecular weight is 248 g/mol. The minimum atomic E-state index is 0.818. The zero-order chi connectivity index (χ0) is 12.3. The van der Waals surface area contributed by atoms with Gasteiger partial charge in [-0.05, 0) is 38.2 Å². The lowest BCUT2D eigenvalue weighted by molar-refractivity contribution is 0.415. The van der Waals surface area contributed by atoms with Crippen molar-refractivity contribution in [3.8, 4) is 16.3 Å². The molecule has 4 heteroatoms. The van der Waals surface area contributed by atoms with Crippen LogP contribution in [0.1, 0.15) is 10.6 Å². The van der Waals surface area contributed by atoms with Crippen LogP contribution in [0.2, 0.25) is 0 Å². The van der Waals surface area contributed by atoms with Gasteiger partial charge in [0.05, 0.1) is 12.8 Å². The number of rotatable bonds is 4. The fourth-order valence-electron chi connectivity index (χ4n) is 1.62. The van der Waals surface area contributed by atoms with E-state index in [1.54, 1.807) is 18.4 Å². The third kappa shape index (κ3) is 2.65. The highest BCUT2D eigenvalue weighted by molar-refractivity contribution is 7.15. The molecule has 0 bridgehead atoms. The van der Waals surface area contributed by atoms with Gasteiger partial charge < -0.3 is 10.1 Å². The molecule has 0 amide bonds. The van der Waals surface area contributed by atoms with Gasteiger partial charge >= 0.3 is 0 Å². The van der Waals surface area contributed by atoms with E-state index in [-0.39, 0.29) is 0 Å². The Kier molecular flexibility index (Phi) is 3.76. The molecule has 1 heterocycles. The van der Waals surface area contributed by atoms with Crippen LogP contribution in [0.3, 0.4) is 0 Å². The fraction of sp³-hybridized carbons (Fsp3) is 0.308. The van der Waals surface area contributed by atoms with Gasteiger partial charge in [0.1, 0.15) is 10.8 Å². The van der Waals surface area contributed by atoms with E-state index in [2.05, 4.69) is 17.2 Å². The summed E-state index contributed by atoms with van der Waals surface area (Å²) in [5, 5.41) is 4.20. The van der Waals surface area contributed by atoms with Crippen LogP contribution >= 0.6 is 11.3 Å². The standard InChI is InChI=1S/C13H16N2OS/c1-9-12(8-14-2)15-13(17-9)10-4-6-11(16-3)7-5-10/h4-7,14H,8H2,1-3H3.